The Bertz CT molecular complexity index is 410. The first-order chi connectivity index (χ1) is 7.59. The van der Waals surface area contributed by atoms with Gasteiger partial charge < -0.3 is 10.0 Å². The van der Waals surface area contributed by atoms with E-state index < -0.39 is 5.97 Å². The molecule has 0 bridgehead atoms. The van der Waals surface area contributed by atoms with Gasteiger partial charge in [-0.3, -0.25) is 4.79 Å². The molecule has 0 amide bonds. The van der Waals surface area contributed by atoms with Crippen LogP contribution in [0.4, 0.5) is 5.69 Å². The third kappa shape index (κ3) is 4.05. The monoisotopic (exact) mass is 217 g/mol. The highest BCUT2D eigenvalue weighted by Gasteiger charge is 1.94. The number of carboxylic acid groups (broad SMARTS) is 1. The van der Waals surface area contributed by atoms with Crippen LogP contribution in [0.15, 0.2) is 24.3 Å². The molecular weight excluding hydrogens is 202 g/mol. The van der Waals surface area contributed by atoms with Crippen LogP contribution in [0.25, 0.3) is 0 Å². The minimum atomic E-state index is -0.879. The molecule has 1 aromatic carbocycles. The molecule has 1 aromatic rings. The van der Waals surface area contributed by atoms with Crippen molar-refractivity contribution in [2.75, 3.05) is 19.0 Å². The molecule has 0 aliphatic carbocycles. The quantitative estimate of drug-likeness (QED) is 0.784. The van der Waals surface area contributed by atoms with Gasteiger partial charge in [-0.1, -0.05) is 24.0 Å². The van der Waals surface area contributed by atoms with E-state index in [4.69, 9.17) is 5.11 Å². The summed E-state index contributed by atoms with van der Waals surface area (Å²) in [6.07, 6.45) is 0.511. The minimum Gasteiger partial charge on any atom is -0.481 e. The van der Waals surface area contributed by atoms with Crippen LogP contribution in [0.5, 0.6) is 0 Å². The average Bonchev–Trinajstić information content (AvgIpc) is 2.25. The van der Waals surface area contributed by atoms with Crippen LogP contribution in [0, 0.1) is 11.8 Å². The van der Waals surface area contributed by atoms with Crippen molar-refractivity contribution in [1.82, 2.24) is 0 Å². The summed E-state index contributed by atoms with van der Waals surface area (Å²) >= 11 is 0. The van der Waals surface area contributed by atoms with Gasteiger partial charge >= 0.3 is 5.97 Å². The fourth-order valence-electron chi connectivity index (χ4n) is 1.21. The number of benzene rings is 1. The standard InChI is InChI=1S/C13H15NO2/c1-14(2)12-9-7-11(8-10-12)5-3-4-6-13(15)16/h7-10H,5-6H2,1-2H3,(H,15,16). The van der Waals surface area contributed by atoms with Crippen LogP contribution < -0.4 is 4.90 Å². The molecule has 16 heavy (non-hydrogen) atoms. The average molecular weight is 217 g/mol. The van der Waals surface area contributed by atoms with Crippen LogP contribution >= 0.6 is 0 Å². The molecule has 0 heterocycles. The second kappa shape index (κ2) is 5.82. The van der Waals surface area contributed by atoms with Crippen molar-refractivity contribution in [1.29, 1.82) is 0 Å². The van der Waals surface area contributed by atoms with Crippen LogP contribution in [0.1, 0.15) is 12.0 Å². The molecule has 0 aliphatic heterocycles. The Labute approximate surface area is 95.7 Å². The zero-order valence-electron chi connectivity index (χ0n) is 9.53. The second-order valence-corrected chi connectivity index (χ2v) is 3.66. The fraction of sp³-hybridized carbons (Fsp3) is 0.308. The van der Waals surface area contributed by atoms with Gasteiger partial charge in [0.15, 0.2) is 0 Å². The number of rotatable bonds is 3. The summed E-state index contributed by atoms with van der Waals surface area (Å²) < 4.78 is 0. The maximum absolute atomic E-state index is 10.2. The first-order valence-electron chi connectivity index (χ1n) is 5.03. The molecule has 84 valence electrons. The van der Waals surface area contributed by atoms with Gasteiger partial charge in [0.2, 0.25) is 0 Å². The number of carboxylic acids is 1. The predicted octanol–water partition coefficient (Wildman–Crippen LogP) is 1.77. The van der Waals surface area contributed by atoms with Crippen LogP contribution in [0.2, 0.25) is 0 Å². The molecule has 0 fully saturated rings. The Morgan fingerprint density at radius 3 is 2.38 bits per heavy atom. The van der Waals surface area contributed by atoms with Gasteiger partial charge in [-0.15, -0.1) is 0 Å². The highest BCUT2D eigenvalue weighted by atomic mass is 16.4. The molecule has 0 aromatic heterocycles. The first-order valence-corrected chi connectivity index (χ1v) is 5.03. The molecule has 0 saturated carbocycles. The van der Waals surface area contributed by atoms with E-state index in [0.29, 0.717) is 6.42 Å². The Morgan fingerprint density at radius 1 is 1.25 bits per heavy atom. The van der Waals surface area contributed by atoms with Crippen molar-refractivity contribution in [3.63, 3.8) is 0 Å². The Hall–Kier alpha value is -1.95. The summed E-state index contributed by atoms with van der Waals surface area (Å²) in [6.45, 7) is 0. The fourth-order valence-corrected chi connectivity index (χ4v) is 1.21. The second-order valence-electron chi connectivity index (χ2n) is 3.66. The lowest BCUT2D eigenvalue weighted by atomic mass is 10.1. The van der Waals surface area contributed by atoms with Gasteiger partial charge in [0.1, 0.15) is 6.42 Å². The lowest BCUT2D eigenvalue weighted by Crippen LogP contribution is -2.08. The van der Waals surface area contributed by atoms with Gasteiger partial charge in [0, 0.05) is 26.2 Å². The van der Waals surface area contributed by atoms with E-state index in [1.54, 1.807) is 0 Å². The smallest absolute Gasteiger partial charge is 0.315 e. The van der Waals surface area contributed by atoms with E-state index in [9.17, 15) is 4.79 Å². The molecule has 3 nitrogen and oxygen atoms in total. The molecular formula is C13H15NO2. The molecule has 0 unspecified atom stereocenters. The largest absolute Gasteiger partial charge is 0.481 e. The van der Waals surface area contributed by atoms with Crippen molar-refractivity contribution >= 4 is 11.7 Å². The van der Waals surface area contributed by atoms with Crippen molar-refractivity contribution in [2.45, 2.75) is 12.8 Å². The lowest BCUT2D eigenvalue weighted by Gasteiger charge is -2.11. The van der Waals surface area contributed by atoms with E-state index >= 15 is 0 Å². The maximum Gasteiger partial charge on any atom is 0.315 e. The molecule has 1 N–H and O–H groups in total. The summed E-state index contributed by atoms with van der Waals surface area (Å²) in [7, 11) is 3.98. The Kier molecular flexibility index (Phi) is 4.41. The first kappa shape index (κ1) is 12.1. The highest BCUT2D eigenvalue weighted by molar-refractivity contribution is 5.69. The highest BCUT2D eigenvalue weighted by Crippen LogP contribution is 2.12. The van der Waals surface area contributed by atoms with E-state index in [1.165, 1.54) is 0 Å². The Morgan fingerprint density at radius 2 is 1.88 bits per heavy atom. The number of hydrogen-bond donors (Lipinski definition) is 1. The number of carbonyl (C=O) groups is 1. The van der Waals surface area contributed by atoms with Gasteiger partial charge in [0.05, 0.1) is 0 Å². The van der Waals surface area contributed by atoms with Crippen LogP contribution in [-0.4, -0.2) is 25.2 Å². The number of hydrogen-bond acceptors (Lipinski definition) is 2. The number of aliphatic carboxylic acids is 1. The van der Waals surface area contributed by atoms with Gasteiger partial charge in [-0.05, 0) is 17.7 Å². The molecule has 3 heteroatoms. The third-order valence-corrected chi connectivity index (χ3v) is 2.11. The minimum absolute atomic E-state index is 0.0875. The zero-order valence-corrected chi connectivity index (χ0v) is 9.53. The van der Waals surface area contributed by atoms with Crippen LogP contribution in [0.3, 0.4) is 0 Å². The molecule has 0 radical (unpaired) electrons. The number of nitrogens with zero attached hydrogens (tertiary/aromatic N) is 1. The van der Waals surface area contributed by atoms with E-state index in [0.717, 1.165) is 11.3 Å². The molecule has 0 aliphatic rings. The van der Waals surface area contributed by atoms with Crippen LogP contribution in [-0.2, 0) is 11.2 Å². The summed E-state index contributed by atoms with van der Waals surface area (Å²) in [6, 6.07) is 8.05. The van der Waals surface area contributed by atoms with Gasteiger partial charge in [-0.25, -0.2) is 0 Å². The summed E-state index contributed by atoms with van der Waals surface area (Å²) in [5.41, 5.74) is 2.24. The SMILES string of the molecule is CN(C)c1ccc(CC#CCC(=O)O)cc1. The zero-order chi connectivity index (χ0) is 12.0. The summed E-state index contributed by atoms with van der Waals surface area (Å²) in [5, 5.41) is 8.40. The van der Waals surface area contributed by atoms with Gasteiger partial charge in [0.25, 0.3) is 0 Å². The van der Waals surface area contributed by atoms with Crippen molar-refractivity contribution in [3.05, 3.63) is 29.8 Å². The Balaban J connectivity index is 2.54. The number of anilines is 1. The molecule has 0 spiro atoms. The topological polar surface area (TPSA) is 40.5 Å². The third-order valence-electron chi connectivity index (χ3n) is 2.11. The van der Waals surface area contributed by atoms with E-state index in [2.05, 4.69) is 11.8 Å². The summed E-state index contributed by atoms with van der Waals surface area (Å²) in [5.74, 6) is 4.57. The predicted molar refractivity (Wildman–Crippen MR) is 64.5 cm³/mol. The lowest BCUT2D eigenvalue weighted by molar-refractivity contribution is -0.135. The molecule has 0 atom stereocenters. The molecule has 1 rings (SSSR count). The van der Waals surface area contributed by atoms with Crippen molar-refractivity contribution < 1.29 is 9.90 Å². The maximum atomic E-state index is 10.2. The normalized spacial score (nSPS) is 9.12. The summed E-state index contributed by atoms with van der Waals surface area (Å²) in [4.78, 5) is 12.2. The van der Waals surface area contributed by atoms with E-state index in [1.807, 2.05) is 43.3 Å². The van der Waals surface area contributed by atoms with Gasteiger partial charge in [-0.2, -0.15) is 0 Å². The van der Waals surface area contributed by atoms with E-state index in [-0.39, 0.29) is 6.42 Å². The molecule has 0 saturated heterocycles. The van der Waals surface area contributed by atoms with Crippen molar-refractivity contribution in [2.24, 2.45) is 0 Å². The van der Waals surface area contributed by atoms with Crippen molar-refractivity contribution in [3.8, 4) is 11.8 Å².